The minimum Gasteiger partial charge on any atom is -0.378 e. The summed E-state index contributed by atoms with van der Waals surface area (Å²) in [5.74, 6) is 1.64. The van der Waals surface area contributed by atoms with Crippen molar-refractivity contribution in [1.82, 2.24) is 10.2 Å². The van der Waals surface area contributed by atoms with Gasteiger partial charge < -0.3 is 10.1 Å². The molecule has 2 saturated heterocycles. The van der Waals surface area contributed by atoms with Gasteiger partial charge >= 0.3 is 0 Å². The minimum atomic E-state index is 0.577. The quantitative estimate of drug-likeness (QED) is 0.726. The normalized spacial score (nSPS) is 35.0. The maximum Gasteiger partial charge on any atom is 0.0627 e. The number of hydrogen-bond acceptors (Lipinski definition) is 3. The molecule has 3 heteroatoms. The first-order chi connectivity index (χ1) is 10.3. The lowest BCUT2D eigenvalue weighted by Crippen LogP contribution is -2.61. The van der Waals surface area contributed by atoms with Crippen LogP contribution < -0.4 is 5.32 Å². The second kappa shape index (κ2) is 9.12. The average Bonchev–Trinajstić information content (AvgIpc) is 2.52. The summed E-state index contributed by atoms with van der Waals surface area (Å²) in [6.07, 6.45) is 10.0. The molecule has 0 radical (unpaired) electrons. The van der Waals surface area contributed by atoms with Gasteiger partial charge in [0.05, 0.1) is 19.4 Å². The summed E-state index contributed by atoms with van der Waals surface area (Å²) in [5, 5.41) is 3.84. The van der Waals surface area contributed by atoms with Crippen LogP contribution in [-0.2, 0) is 4.74 Å². The van der Waals surface area contributed by atoms with E-state index in [4.69, 9.17) is 4.74 Å². The van der Waals surface area contributed by atoms with E-state index in [1.807, 2.05) is 0 Å². The Morgan fingerprint density at radius 2 is 2.05 bits per heavy atom. The van der Waals surface area contributed by atoms with Crippen LogP contribution in [0.3, 0.4) is 0 Å². The summed E-state index contributed by atoms with van der Waals surface area (Å²) < 4.78 is 5.77. The molecule has 2 rings (SSSR count). The van der Waals surface area contributed by atoms with Crippen molar-refractivity contribution < 1.29 is 4.74 Å². The third-order valence-corrected chi connectivity index (χ3v) is 5.46. The molecule has 4 unspecified atom stereocenters. The molecule has 0 aromatic heterocycles. The van der Waals surface area contributed by atoms with Gasteiger partial charge in [-0.2, -0.15) is 0 Å². The molecule has 2 heterocycles. The maximum absolute atomic E-state index is 5.77. The molecule has 0 saturated carbocycles. The molecule has 2 fully saturated rings. The highest BCUT2D eigenvalue weighted by Gasteiger charge is 2.35. The largest absolute Gasteiger partial charge is 0.378 e. The van der Waals surface area contributed by atoms with E-state index in [1.54, 1.807) is 0 Å². The van der Waals surface area contributed by atoms with Gasteiger partial charge in [0, 0.05) is 12.6 Å². The van der Waals surface area contributed by atoms with E-state index >= 15 is 0 Å². The van der Waals surface area contributed by atoms with Crippen molar-refractivity contribution in [1.29, 1.82) is 0 Å². The summed E-state index contributed by atoms with van der Waals surface area (Å²) in [6.45, 7) is 11.2. The molecule has 2 aliphatic heterocycles. The summed E-state index contributed by atoms with van der Waals surface area (Å²) in [5.41, 5.74) is 0. The van der Waals surface area contributed by atoms with E-state index in [0.29, 0.717) is 12.2 Å². The molecule has 0 aliphatic carbocycles. The molecule has 3 nitrogen and oxygen atoms in total. The Morgan fingerprint density at radius 1 is 1.19 bits per heavy atom. The van der Waals surface area contributed by atoms with Crippen molar-refractivity contribution >= 4 is 0 Å². The number of nitrogens with one attached hydrogen (secondary N) is 1. The first kappa shape index (κ1) is 17.2. The number of unbranched alkanes of at least 4 members (excludes halogenated alkanes) is 3. The van der Waals surface area contributed by atoms with Gasteiger partial charge in [0.25, 0.3) is 0 Å². The maximum atomic E-state index is 5.77. The lowest BCUT2D eigenvalue weighted by molar-refractivity contribution is -0.0614. The fraction of sp³-hybridized carbons (Fsp3) is 1.00. The van der Waals surface area contributed by atoms with Gasteiger partial charge in [-0.1, -0.05) is 52.9 Å². The molecule has 1 N–H and O–H groups in total. The van der Waals surface area contributed by atoms with Crippen molar-refractivity contribution in [2.75, 3.05) is 26.3 Å². The molecule has 0 aromatic rings. The first-order valence-electron chi connectivity index (χ1n) is 9.33. The zero-order valence-corrected chi connectivity index (χ0v) is 14.4. The zero-order chi connectivity index (χ0) is 15.1. The van der Waals surface area contributed by atoms with Gasteiger partial charge in [-0.05, 0) is 31.2 Å². The number of piperidine rings is 1. The molecule has 21 heavy (non-hydrogen) atoms. The molecule has 2 aliphatic rings. The highest BCUT2D eigenvalue weighted by molar-refractivity contribution is 4.88. The summed E-state index contributed by atoms with van der Waals surface area (Å²) in [4.78, 5) is 2.73. The Kier molecular flexibility index (Phi) is 7.48. The van der Waals surface area contributed by atoms with E-state index in [2.05, 4.69) is 31.0 Å². The van der Waals surface area contributed by atoms with Crippen molar-refractivity contribution in [2.24, 2.45) is 11.8 Å². The van der Waals surface area contributed by atoms with Crippen LogP contribution in [0, 0.1) is 11.8 Å². The van der Waals surface area contributed by atoms with E-state index in [9.17, 15) is 0 Å². The van der Waals surface area contributed by atoms with Crippen molar-refractivity contribution in [2.45, 2.75) is 77.9 Å². The number of hydrogen-bond donors (Lipinski definition) is 1. The average molecular weight is 296 g/mol. The molecular formula is C18H36N2O. The van der Waals surface area contributed by atoms with Gasteiger partial charge in [-0.3, -0.25) is 4.90 Å². The third-order valence-electron chi connectivity index (χ3n) is 5.46. The fourth-order valence-corrected chi connectivity index (χ4v) is 4.07. The smallest absolute Gasteiger partial charge is 0.0627 e. The summed E-state index contributed by atoms with van der Waals surface area (Å²) in [7, 11) is 0. The van der Waals surface area contributed by atoms with Gasteiger partial charge in [0.1, 0.15) is 0 Å². The zero-order valence-electron chi connectivity index (χ0n) is 14.4. The SMILES string of the molecule is CCCCCCC1COCCN1C1NCC(CC)CC1C. The van der Waals surface area contributed by atoms with E-state index in [0.717, 1.165) is 31.6 Å². The molecule has 0 amide bonds. The highest BCUT2D eigenvalue weighted by Crippen LogP contribution is 2.28. The van der Waals surface area contributed by atoms with Gasteiger partial charge in [0.2, 0.25) is 0 Å². The third kappa shape index (κ3) is 4.94. The summed E-state index contributed by atoms with van der Waals surface area (Å²) >= 11 is 0. The standard InChI is InChI=1S/C18H36N2O/c1-4-6-7-8-9-17-14-21-11-10-20(17)18-15(3)12-16(5-2)13-19-18/h15-19H,4-14H2,1-3H3. The molecule has 0 bridgehead atoms. The number of nitrogens with zero attached hydrogens (tertiary/aromatic N) is 1. The van der Waals surface area contributed by atoms with Crippen LogP contribution in [0.5, 0.6) is 0 Å². The predicted molar refractivity (Wildman–Crippen MR) is 89.4 cm³/mol. The van der Waals surface area contributed by atoms with Crippen molar-refractivity contribution in [3.8, 4) is 0 Å². The Morgan fingerprint density at radius 3 is 2.76 bits per heavy atom. The van der Waals surface area contributed by atoms with Gasteiger partial charge in [-0.15, -0.1) is 0 Å². The van der Waals surface area contributed by atoms with E-state index in [-0.39, 0.29) is 0 Å². The number of morpholine rings is 1. The topological polar surface area (TPSA) is 24.5 Å². The van der Waals surface area contributed by atoms with Gasteiger partial charge in [-0.25, -0.2) is 0 Å². The Bertz CT molecular complexity index is 284. The Hall–Kier alpha value is -0.120. The van der Waals surface area contributed by atoms with Gasteiger partial charge in [0.15, 0.2) is 0 Å². The van der Waals surface area contributed by atoms with Crippen LogP contribution in [0.1, 0.15) is 65.7 Å². The predicted octanol–water partition coefficient (Wildman–Crippen LogP) is 3.64. The lowest BCUT2D eigenvalue weighted by atomic mass is 9.86. The second-order valence-corrected chi connectivity index (χ2v) is 7.16. The molecule has 0 spiro atoms. The van der Waals surface area contributed by atoms with E-state index < -0.39 is 0 Å². The molecule has 124 valence electrons. The van der Waals surface area contributed by atoms with Crippen molar-refractivity contribution in [3.63, 3.8) is 0 Å². The minimum absolute atomic E-state index is 0.577. The van der Waals surface area contributed by atoms with Crippen LogP contribution in [0.25, 0.3) is 0 Å². The monoisotopic (exact) mass is 296 g/mol. The van der Waals surface area contributed by atoms with Crippen LogP contribution in [-0.4, -0.2) is 43.4 Å². The number of ether oxygens (including phenoxy) is 1. The van der Waals surface area contributed by atoms with Crippen LogP contribution in [0.4, 0.5) is 0 Å². The van der Waals surface area contributed by atoms with Crippen LogP contribution >= 0.6 is 0 Å². The first-order valence-corrected chi connectivity index (χ1v) is 9.33. The lowest BCUT2D eigenvalue weighted by Gasteiger charge is -2.47. The summed E-state index contributed by atoms with van der Waals surface area (Å²) in [6, 6.07) is 0.633. The Labute approximate surface area is 131 Å². The van der Waals surface area contributed by atoms with Crippen molar-refractivity contribution in [3.05, 3.63) is 0 Å². The molecule has 4 atom stereocenters. The molecular weight excluding hydrogens is 260 g/mol. The second-order valence-electron chi connectivity index (χ2n) is 7.16. The molecule has 0 aromatic carbocycles. The Balaban J connectivity index is 1.85. The van der Waals surface area contributed by atoms with E-state index in [1.165, 1.54) is 51.5 Å². The van der Waals surface area contributed by atoms with Crippen LogP contribution in [0.2, 0.25) is 0 Å². The number of rotatable bonds is 7. The van der Waals surface area contributed by atoms with Crippen LogP contribution in [0.15, 0.2) is 0 Å². The fourth-order valence-electron chi connectivity index (χ4n) is 4.07. The highest BCUT2D eigenvalue weighted by atomic mass is 16.5.